The summed E-state index contributed by atoms with van der Waals surface area (Å²) < 4.78 is 25.9. The van der Waals surface area contributed by atoms with Gasteiger partial charge in [-0.25, -0.2) is 0 Å². The minimum absolute atomic E-state index is 0.0743. The first-order chi connectivity index (χ1) is 16.6. The van der Waals surface area contributed by atoms with Crippen LogP contribution in [0.3, 0.4) is 0 Å². The first kappa shape index (κ1) is 25.2. The van der Waals surface area contributed by atoms with Crippen LogP contribution in [0.2, 0.25) is 0 Å². The zero-order chi connectivity index (χ0) is 24.0. The van der Waals surface area contributed by atoms with E-state index in [2.05, 4.69) is 76.2 Å². The van der Waals surface area contributed by atoms with Crippen molar-refractivity contribution >= 4 is 25.2 Å². The molecular weight excluding hydrogens is 422 g/mol. The Labute approximate surface area is 206 Å². The van der Waals surface area contributed by atoms with Gasteiger partial charge >= 0.3 is 14.2 Å². The van der Waals surface area contributed by atoms with Gasteiger partial charge in [0, 0.05) is 37.3 Å². The van der Waals surface area contributed by atoms with E-state index in [4.69, 9.17) is 18.6 Å². The van der Waals surface area contributed by atoms with Gasteiger partial charge in [0.05, 0.1) is 0 Å². The summed E-state index contributed by atoms with van der Waals surface area (Å²) in [6.07, 6.45) is 4.16. The Kier molecular flexibility index (Phi) is 8.36. The summed E-state index contributed by atoms with van der Waals surface area (Å²) in [4.78, 5) is 0. The van der Waals surface area contributed by atoms with Crippen molar-refractivity contribution in [1.82, 2.24) is 0 Å². The second-order valence-electron chi connectivity index (χ2n) is 9.88. The van der Waals surface area contributed by atoms with Gasteiger partial charge in [-0.3, -0.25) is 0 Å². The summed E-state index contributed by atoms with van der Waals surface area (Å²) in [7, 11) is -0.944. The van der Waals surface area contributed by atoms with Crippen LogP contribution in [0, 0.1) is 10.8 Å². The van der Waals surface area contributed by atoms with Crippen LogP contribution in [-0.4, -0.2) is 40.7 Å². The molecule has 0 amide bonds. The largest absolute Gasteiger partial charge is 0.494 e. The Balaban J connectivity index is 1.78. The SMILES string of the molecule is CCC1(CC)COB(C(=C(B2OCC(CC)(CC)CO2)c2ccccc2)c2ccccc2)OC1. The van der Waals surface area contributed by atoms with Crippen LogP contribution in [0.15, 0.2) is 60.7 Å². The lowest BCUT2D eigenvalue weighted by atomic mass is 9.58. The van der Waals surface area contributed by atoms with Crippen molar-refractivity contribution in [1.29, 1.82) is 0 Å². The molecule has 0 unspecified atom stereocenters. The number of benzene rings is 2. The molecule has 4 rings (SSSR count). The standard InChI is InChI=1S/C28H38B2O4/c1-5-27(6-2)19-31-29(32-20-27)25(23-15-11-9-12-16-23)26(24-17-13-10-14-18-24)30-33-21-28(7-3,8-4)22-34-30/h9-18H,5-8,19-22H2,1-4H3. The van der Waals surface area contributed by atoms with Crippen LogP contribution in [0.5, 0.6) is 0 Å². The van der Waals surface area contributed by atoms with Crippen LogP contribution < -0.4 is 0 Å². The van der Waals surface area contributed by atoms with Gasteiger partial charge in [0.2, 0.25) is 0 Å². The molecule has 0 N–H and O–H groups in total. The van der Waals surface area contributed by atoms with Gasteiger partial charge in [-0.1, -0.05) is 88.4 Å². The summed E-state index contributed by atoms with van der Waals surface area (Å²) >= 11 is 0. The summed E-state index contributed by atoms with van der Waals surface area (Å²) in [6, 6.07) is 20.8. The van der Waals surface area contributed by atoms with Crippen molar-refractivity contribution < 1.29 is 18.6 Å². The lowest BCUT2D eigenvalue weighted by Crippen LogP contribution is -2.47. The summed E-state index contributed by atoms with van der Waals surface area (Å²) in [5.41, 5.74) is 4.29. The molecule has 34 heavy (non-hydrogen) atoms. The molecule has 180 valence electrons. The fourth-order valence-corrected chi connectivity index (χ4v) is 4.91. The maximum absolute atomic E-state index is 6.48. The van der Waals surface area contributed by atoms with E-state index in [-0.39, 0.29) is 10.8 Å². The third-order valence-corrected chi connectivity index (χ3v) is 8.09. The van der Waals surface area contributed by atoms with E-state index < -0.39 is 14.2 Å². The summed E-state index contributed by atoms with van der Waals surface area (Å²) in [5.74, 6) is 0. The molecule has 2 aromatic carbocycles. The molecule has 0 aliphatic carbocycles. The average molecular weight is 460 g/mol. The zero-order valence-electron chi connectivity index (χ0n) is 21.2. The van der Waals surface area contributed by atoms with Gasteiger partial charge in [0.25, 0.3) is 0 Å². The van der Waals surface area contributed by atoms with E-state index in [1.807, 2.05) is 12.1 Å². The normalized spacial score (nSPS) is 20.7. The fourth-order valence-electron chi connectivity index (χ4n) is 4.91. The third kappa shape index (κ3) is 5.21. The molecular formula is C28H38B2O4. The zero-order valence-corrected chi connectivity index (χ0v) is 21.2. The first-order valence-corrected chi connectivity index (χ1v) is 12.9. The molecule has 4 nitrogen and oxygen atoms in total. The van der Waals surface area contributed by atoms with E-state index >= 15 is 0 Å². The van der Waals surface area contributed by atoms with E-state index in [0.717, 1.165) is 47.8 Å². The molecule has 0 atom stereocenters. The van der Waals surface area contributed by atoms with E-state index in [9.17, 15) is 0 Å². The molecule has 0 aromatic heterocycles. The summed E-state index contributed by atoms with van der Waals surface area (Å²) in [5, 5.41) is 0. The third-order valence-electron chi connectivity index (χ3n) is 8.09. The maximum atomic E-state index is 6.48. The van der Waals surface area contributed by atoms with Crippen LogP contribution in [0.1, 0.15) is 64.5 Å². The van der Waals surface area contributed by atoms with Crippen LogP contribution >= 0.6 is 0 Å². The highest BCUT2D eigenvalue weighted by Gasteiger charge is 2.45. The van der Waals surface area contributed by atoms with Crippen LogP contribution in [0.4, 0.5) is 0 Å². The Morgan fingerprint density at radius 1 is 0.559 bits per heavy atom. The van der Waals surface area contributed by atoms with Gasteiger partial charge in [-0.05, 0) is 47.8 Å². The average Bonchev–Trinajstić information content (AvgIpc) is 2.93. The van der Waals surface area contributed by atoms with Gasteiger partial charge in [-0.2, -0.15) is 0 Å². The molecule has 0 spiro atoms. The fraction of sp³-hybridized carbons (Fsp3) is 0.500. The lowest BCUT2D eigenvalue weighted by molar-refractivity contribution is 0.00342. The molecule has 0 bridgehead atoms. The number of rotatable bonds is 8. The quantitative estimate of drug-likeness (QED) is 0.340. The van der Waals surface area contributed by atoms with Gasteiger partial charge in [0.15, 0.2) is 0 Å². The minimum atomic E-state index is -0.472. The number of hydrogen-bond donors (Lipinski definition) is 0. The van der Waals surface area contributed by atoms with Gasteiger partial charge in [-0.15, -0.1) is 0 Å². The Bertz CT molecular complexity index is 842. The van der Waals surface area contributed by atoms with Gasteiger partial charge in [0.1, 0.15) is 0 Å². The van der Waals surface area contributed by atoms with Crippen molar-refractivity contribution in [2.75, 3.05) is 26.4 Å². The van der Waals surface area contributed by atoms with Gasteiger partial charge < -0.3 is 18.6 Å². The summed E-state index contributed by atoms with van der Waals surface area (Å²) in [6.45, 7) is 11.6. The minimum Gasteiger partial charge on any atom is -0.407 e. The highest BCUT2D eigenvalue weighted by atomic mass is 16.6. The molecule has 2 aliphatic rings. The van der Waals surface area contributed by atoms with Crippen LogP contribution in [-0.2, 0) is 18.6 Å². The predicted molar refractivity (Wildman–Crippen MR) is 141 cm³/mol. The molecule has 2 fully saturated rings. The van der Waals surface area contributed by atoms with E-state index in [1.54, 1.807) is 0 Å². The topological polar surface area (TPSA) is 36.9 Å². The second kappa shape index (κ2) is 11.3. The smallest absolute Gasteiger partial charge is 0.407 e. The molecule has 0 saturated carbocycles. The van der Waals surface area contributed by atoms with E-state index in [0.29, 0.717) is 26.4 Å². The molecule has 2 aliphatic heterocycles. The molecule has 0 radical (unpaired) electrons. The van der Waals surface area contributed by atoms with Crippen LogP contribution in [0.25, 0.3) is 10.9 Å². The molecule has 6 heteroatoms. The van der Waals surface area contributed by atoms with Crippen molar-refractivity contribution in [3.05, 3.63) is 71.8 Å². The number of hydrogen-bond acceptors (Lipinski definition) is 4. The lowest BCUT2D eigenvalue weighted by Gasteiger charge is -2.41. The first-order valence-electron chi connectivity index (χ1n) is 12.9. The van der Waals surface area contributed by atoms with E-state index in [1.165, 1.54) is 0 Å². The second-order valence-corrected chi connectivity index (χ2v) is 9.88. The maximum Gasteiger partial charge on any atom is 0.494 e. The van der Waals surface area contributed by atoms with Crippen molar-refractivity contribution in [3.63, 3.8) is 0 Å². The Morgan fingerprint density at radius 2 is 0.853 bits per heavy atom. The molecule has 2 aromatic rings. The molecule has 2 heterocycles. The predicted octanol–water partition coefficient (Wildman–Crippen LogP) is 6.36. The Hall–Kier alpha value is -1.85. The molecule has 2 saturated heterocycles. The highest BCUT2D eigenvalue weighted by Crippen LogP contribution is 2.40. The van der Waals surface area contributed by atoms with Crippen molar-refractivity contribution in [2.24, 2.45) is 10.8 Å². The van der Waals surface area contributed by atoms with Crippen molar-refractivity contribution in [2.45, 2.75) is 53.4 Å². The van der Waals surface area contributed by atoms with Crippen molar-refractivity contribution in [3.8, 4) is 0 Å². The monoisotopic (exact) mass is 460 g/mol. The highest BCUT2D eigenvalue weighted by molar-refractivity contribution is 6.82. The Morgan fingerprint density at radius 3 is 1.12 bits per heavy atom.